The maximum absolute atomic E-state index is 10.9. The van der Waals surface area contributed by atoms with E-state index >= 15 is 0 Å². The minimum Gasteiger partial charge on any atom is -0.367 e. The summed E-state index contributed by atoms with van der Waals surface area (Å²) in [7, 11) is 0. The second-order valence-electron chi connectivity index (χ2n) is 3.27. The molecule has 1 heterocycles. The normalized spacial score (nSPS) is 12.4. The number of hydrogen-bond acceptors (Lipinski definition) is 4. The number of H-pyrrole nitrogens is 1. The second kappa shape index (κ2) is 5.39. The van der Waals surface area contributed by atoms with Gasteiger partial charge in [0.15, 0.2) is 0 Å². The van der Waals surface area contributed by atoms with Crippen molar-refractivity contribution >= 4 is 5.82 Å². The average Bonchev–Trinajstić information content (AvgIpc) is 2.15. The summed E-state index contributed by atoms with van der Waals surface area (Å²) >= 11 is 0. The molecule has 0 radical (unpaired) electrons. The maximum Gasteiger partial charge on any atom is 0.252 e. The summed E-state index contributed by atoms with van der Waals surface area (Å²) in [6, 6.07) is 1.73. The van der Waals surface area contributed by atoms with E-state index in [0.29, 0.717) is 12.4 Å². The molecule has 0 amide bonds. The predicted octanol–water partition coefficient (Wildman–Crippen LogP) is 0.309. The Balaban J connectivity index is 2.47. The van der Waals surface area contributed by atoms with Crippen molar-refractivity contribution in [3.05, 3.63) is 22.7 Å². The molecule has 0 bridgehead atoms. The lowest BCUT2D eigenvalue weighted by atomic mass is 10.2. The van der Waals surface area contributed by atoms with E-state index < -0.39 is 0 Å². The van der Waals surface area contributed by atoms with E-state index in [9.17, 15) is 4.79 Å². The van der Waals surface area contributed by atoms with Crippen molar-refractivity contribution in [1.29, 1.82) is 0 Å². The lowest BCUT2D eigenvalue weighted by Gasteiger charge is -2.12. The highest BCUT2D eigenvalue weighted by Gasteiger charge is 2.01. The van der Waals surface area contributed by atoms with Crippen LogP contribution in [0.2, 0.25) is 0 Å². The van der Waals surface area contributed by atoms with E-state index in [1.807, 2.05) is 6.92 Å². The Hall–Kier alpha value is -1.36. The standard InChI is InChI=1S/C9H16N4O/c1-7(3-2-4-10)13-8-5-9(14)12-6-11-8/h5-7H,2-4,10H2,1H3,(H2,11,12,13,14). The van der Waals surface area contributed by atoms with Crippen LogP contribution in [0.1, 0.15) is 19.8 Å². The third-order valence-electron chi connectivity index (χ3n) is 1.91. The van der Waals surface area contributed by atoms with Gasteiger partial charge in [0.1, 0.15) is 5.82 Å². The fourth-order valence-electron chi connectivity index (χ4n) is 1.20. The van der Waals surface area contributed by atoms with Crippen molar-refractivity contribution in [2.75, 3.05) is 11.9 Å². The molecule has 1 aromatic rings. The molecule has 1 aromatic heterocycles. The van der Waals surface area contributed by atoms with Gasteiger partial charge < -0.3 is 16.0 Å². The van der Waals surface area contributed by atoms with Crippen molar-refractivity contribution in [3.8, 4) is 0 Å². The highest BCUT2D eigenvalue weighted by Crippen LogP contribution is 2.03. The lowest BCUT2D eigenvalue weighted by molar-refractivity contribution is 0.660. The number of nitrogens with zero attached hydrogens (tertiary/aromatic N) is 1. The molecule has 5 heteroatoms. The van der Waals surface area contributed by atoms with Crippen molar-refractivity contribution in [2.45, 2.75) is 25.8 Å². The summed E-state index contributed by atoms with van der Waals surface area (Å²) in [6.45, 7) is 2.73. The van der Waals surface area contributed by atoms with Crippen LogP contribution in [0.3, 0.4) is 0 Å². The Bertz CT molecular complexity index is 323. The van der Waals surface area contributed by atoms with Gasteiger partial charge in [-0.3, -0.25) is 4.79 Å². The fourth-order valence-corrected chi connectivity index (χ4v) is 1.20. The number of aromatic amines is 1. The highest BCUT2D eigenvalue weighted by atomic mass is 16.1. The minimum atomic E-state index is -0.145. The molecule has 78 valence electrons. The largest absolute Gasteiger partial charge is 0.367 e. The maximum atomic E-state index is 10.9. The van der Waals surface area contributed by atoms with Crippen LogP contribution in [0.25, 0.3) is 0 Å². The summed E-state index contributed by atoms with van der Waals surface area (Å²) in [5.41, 5.74) is 5.25. The van der Waals surface area contributed by atoms with Crippen LogP contribution < -0.4 is 16.6 Å². The first-order valence-corrected chi connectivity index (χ1v) is 4.73. The van der Waals surface area contributed by atoms with Gasteiger partial charge in [-0.25, -0.2) is 4.98 Å². The Morgan fingerprint density at radius 3 is 3.14 bits per heavy atom. The van der Waals surface area contributed by atoms with Gasteiger partial charge in [0.25, 0.3) is 5.56 Å². The molecule has 0 saturated carbocycles. The van der Waals surface area contributed by atoms with Gasteiger partial charge in [0.05, 0.1) is 6.33 Å². The van der Waals surface area contributed by atoms with E-state index in [1.54, 1.807) is 0 Å². The molecule has 1 unspecified atom stereocenters. The number of rotatable bonds is 5. The molecule has 0 aromatic carbocycles. The molecular weight excluding hydrogens is 180 g/mol. The summed E-state index contributed by atoms with van der Waals surface area (Å²) in [5.74, 6) is 0.610. The lowest BCUT2D eigenvalue weighted by Crippen LogP contribution is -2.19. The number of nitrogens with two attached hydrogens (primary N) is 1. The molecule has 14 heavy (non-hydrogen) atoms. The molecule has 4 N–H and O–H groups in total. The van der Waals surface area contributed by atoms with Gasteiger partial charge in [0.2, 0.25) is 0 Å². The Morgan fingerprint density at radius 1 is 1.71 bits per heavy atom. The summed E-state index contributed by atoms with van der Waals surface area (Å²) in [5, 5.41) is 3.13. The van der Waals surface area contributed by atoms with Gasteiger partial charge in [-0.15, -0.1) is 0 Å². The van der Waals surface area contributed by atoms with Gasteiger partial charge in [0, 0.05) is 12.1 Å². The van der Waals surface area contributed by atoms with Crippen LogP contribution in [0.15, 0.2) is 17.2 Å². The molecule has 0 aliphatic rings. The third kappa shape index (κ3) is 3.57. The van der Waals surface area contributed by atoms with Crippen LogP contribution >= 0.6 is 0 Å². The fraction of sp³-hybridized carbons (Fsp3) is 0.556. The smallest absolute Gasteiger partial charge is 0.252 e. The second-order valence-corrected chi connectivity index (χ2v) is 3.27. The summed E-state index contributed by atoms with van der Waals surface area (Å²) < 4.78 is 0. The molecule has 1 atom stereocenters. The zero-order valence-corrected chi connectivity index (χ0v) is 8.29. The molecule has 0 saturated heterocycles. The number of nitrogens with one attached hydrogen (secondary N) is 2. The van der Waals surface area contributed by atoms with Crippen LogP contribution in [-0.4, -0.2) is 22.6 Å². The molecule has 0 aliphatic carbocycles. The van der Waals surface area contributed by atoms with Crippen molar-refractivity contribution < 1.29 is 0 Å². The summed E-state index contributed by atoms with van der Waals surface area (Å²) in [4.78, 5) is 17.4. The van der Waals surface area contributed by atoms with Crippen molar-refractivity contribution in [1.82, 2.24) is 9.97 Å². The predicted molar refractivity (Wildman–Crippen MR) is 56.2 cm³/mol. The summed E-state index contributed by atoms with van der Waals surface area (Å²) in [6.07, 6.45) is 3.34. The van der Waals surface area contributed by atoms with Crippen LogP contribution in [0, 0.1) is 0 Å². The Labute approximate surface area is 82.7 Å². The van der Waals surface area contributed by atoms with Crippen molar-refractivity contribution in [3.63, 3.8) is 0 Å². The third-order valence-corrected chi connectivity index (χ3v) is 1.91. The Kier molecular flexibility index (Phi) is 4.12. The van der Waals surface area contributed by atoms with E-state index in [2.05, 4.69) is 15.3 Å². The van der Waals surface area contributed by atoms with Gasteiger partial charge in [-0.05, 0) is 26.3 Å². The monoisotopic (exact) mass is 196 g/mol. The quantitative estimate of drug-likeness (QED) is 0.632. The van der Waals surface area contributed by atoms with E-state index in [4.69, 9.17) is 5.73 Å². The minimum absolute atomic E-state index is 0.145. The zero-order chi connectivity index (χ0) is 10.4. The van der Waals surface area contributed by atoms with E-state index in [-0.39, 0.29) is 11.6 Å². The molecule has 5 nitrogen and oxygen atoms in total. The van der Waals surface area contributed by atoms with E-state index in [1.165, 1.54) is 12.4 Å². The average molecular weight is 196 g/mol. The van der Waals surface area contributed by atoms with E-state index in [0.717, 1.165) is 12.8 Å². The SMILES string of the molecule is CC(CCCN)Nc1cc(=O)[nH]cn1. The first-order valence-electron chi connectivity index (χ1n) is 4.73. The highest BCUT2D eigenvalue weighted by molar-refractivity contribution is 5.32. The molecule has 0 fully saturated rings. The van der Waals surface area contributed by atoms with Crippen LogP contribution in [0.4, 0.5) is 5.82 Å². The number of hydrogen-bond donors (Lipinski definition) is 3. The topological polar surface area (TPSA) is 83.8 Å². The van der Waals surface area contributed by atoms with Crippen LogP contribution in [0.5, 0.6) is 0 Å². The zero-order valence-electron chi connectivity index (χ0n) is 8.29. The number of anilines is 1. The Morgan fingerprint density at radius 2 is 2.50 bits per heavy atom. The molecular formula is C9H16N4O. The van der Waals surface area contributed by atoms with Gasteiger partial charge in [-0.2, -0.15) is 0 Å². The van der Waals surface area contributed by atoms with Gasteiger partial charge >= 0.3 is 0 Å². The van der Waals surface area contributed by atoms with Gasteiger partial charge in [-0.1, -0.05) is 0 Å². The van der Waals surface area contributed by atoms with Crippen molar-refractivity contribution in [2.24, 2.45) is 5.73 Å². The first kappa shape index (κ1) is 10.7. The first-order chi connectivity index (χ1) is 6.72. The molecule has 1 rings (SSSR count). The number of aromatic nitrogens is 2. The molecule has 0 aliphatic heterocycles. The molecule has 0 spiro atoms. The van der Waals surface area contributed by atoms with Crippen LogP contribution in [-0.2, 0) is 0 Å².